The lowest BCUT2D eigenvalue weighted by molar-refractivity contribution is 0.306. The summed E-state index contributed by atoms with van der Waals surface area (Å²) in [5.41, 5.74) is 3.37. The first-order chi connectivity index (χ1) is 14.7. The van der Waals surface area contributed by atoms with Crippen molar-refractivity contribution >= 4 is 16.6 Å². The van der Waals surface area contributed by atoms with Crippen LogP contribution in [0.5, 0.6) is 5.75 Å². The third kappa shape index (κ3) is 6.20. The van der Waals surface area contributed by atoms with Crippen LogP contribution in [-0.2, 0) is 6.61 Å². The number of anilines is 1. The molecule has 3 aromatic rings. The van der Waals surface area contributed by atoms with Crippen LogP contribution in [-0.4, -0.2) is 43.1 Å². The van der Waals surface area contributed by atoms with Crippen molar-refractivity contribution in [3.05, 3.63) is 66.4 Å². The molecule has 1 fully saturated rings. The molecule has 0 amide bonds. The first-order valence-electron chi connectivity index (χ1n) is 11.2. The summed E-state index contributed by atoms with van der Waals surface area (Å²) in [5.74, 6) is 0.882. The highest BCUT2D eigenvalue weighted by molar-refractivity contribution is 5.83. The Balaban J connectivity index is 0.000000757. The van der Waals surface area contributed by atoms with E-state index in [1.165, 1.54) is 17.7 Å². The summed E-state index contributed by atoms with van der Waals surface area (Å²) in [6, 6.07) is 19.2. The summed E-state index contributed by atoms with van der Waals surface area (Å²) in [7, 11) is 4.31. The van der Waals surface area contributed by atoms with Crippen LogP contribution in [0.15, 0.2) is 60.8 Å². The van der Waals surface area contributed by atoms with Gasteiger partial charge in [-0.25, -0.2) is 0 Å². The van der Waals surface area contributed by atoms with Gasteiger partial charge >= 0.3 is 0 Å². The van der Waals surface area contributed by atoms with Gasteiger partial charge in [0.25, 0.3) is 0 Å². The fourth-order valence-electron chi connectivity index (χ4n) is 3.50. The zero-order chi connectivity index (χ0) is 21.9. The van der Waals surface area contributed by atoms with E-state index in [1.54, 1.807) is 0 Å². The predicted octanol–water partition coefficient (Wildman–Crippen LogP) is 6.01. The molecule has 0 radical (unpaired) electrons. The molecule has 0 bridgehead atoms. The molecule has 0 spiro atoms. The number of rotatable bonds is 5. The minimum atomic E-state index is 0.579. The van der Waals surface area contributed by atoms with E-state index in [4.69, 9.17) is 4.74 Å². The lowest BCUT2D eigenvalue weighted by Gasteiger charge is -2.21. The van der Waals surface area contributed by atoms with Gasteiger partial charge in [0.05, 0.1) is 17.4 Å². The molecule has 4 rings (SSSR count). The maximum absolute atomic E-state index is 5.97. The van der Waals surface area contributed by atoms with Crippen molar-refractivity contribution in [2.24, 2.45) is 0 Å². The lowest BCUT2D eigenvalue weighted by atomic mass is 10.2. The van der Waals surface area contributed by atoms with Crippen molar-refractivity contribution in [3.8, 4) is 5.75 Å². The van der Waals surface area contributed by atoms with Gasteiger partial charge in [0.1, 0.15) is 12.4 Å². The van der Waals surface area contributed by atoms with Crippen molar-refractivity contribution in [2.75, 3.05) is 32.1 Å². The summed E-state index contributed by atoms with van der Waals surface area (Å²) in [4.78, 5) is 9.38. The van der Waals surface area contributed by atoms with Gasteiger partial charge in [-0.2, -0.15) is 0 Å². The molecule has 4 nitrogen and oxygen atoms in total. The first-order valence-corrected chi connectivity index (χ1v) is 11.2. The largest absolute Gasteiger partial charge is 0.489 e. The highest BCUT2D eigenvalue weighted by Gasteiger charge is 2.24. The van der Waals surface area contributed by atoms with Crippen LogP contribution in [0.1, 0.15) is 39.7 Å². The van der Waals surface area contributed by atoms with E-state index in [9.17, 15) is 0 Å². The van der Waals surface area contributed by atoms with Crippen molar-refractivity contribution in [3.63, 3.8) is 0 Å². The van der Waals surface area contributed by atoms with E-state index in [0.29, 0.717) is 12.6 Å². The Morgan fingerprint density at radius 1 is 1.00 bits per heavy atom. The molecule has 1 aliphatic rings. The van der Waals surface area contributed by atoms with E-state index < -0.39 is 0 Å². The molecule has 162 valence electrons. The maximum atomic E-state index is 5.97. The number of benzene rings is 2. The van der Waals surface area contributed by atoms with Gasteiger partial charge in [-0.3, -0.25) is 4.98 Å². The van der Waals surface area contributed by atoms with Crippen molar-refractivity contribution in [1.29, 1.82) is 0 Å². The smallest absolute Gasteiger partial charge is 0.120 e. The number of aromatic nitrogens is 1. The Hall–Kier alpha value is -2.59. The van der Waals surface area contributed by atoms with Gasteiger partial charge < -0.3 is 14.5 Å². The quantitative estimate of drug-likeness (QED) is 0.518. The molecule has 0 saturated carbocycles. The van der Waals surface area contributed by atoms with E-state index in [1.807, 2.05) is 64.2 Å². The Kier molecular flexibility index (Phi) is 9.62. The molecule has 1 aromatic heterocycles. The Labute approximate surface area is 182 Å². The second-order valence-corrected chi connectivity index (χ2v) is 7.17. The van der Waals surface area contributed by atoms with Crippen molar-refractivity contribution in [1.82, 2.24) is 9.88 Å². The van der Waals surface area contributed by atoms with Gasteiger partial charge in [0.2, 0.25) is 0 Å². The summed E-state index contributed by atoms with van der Waals surface area (Å²) >= 11 is 0. The second-order valence-electron chi connectivity index (χ2n) is 7.17. The molecule has 0 N–H and O–H groups in total. The minimum absolute atomic E-state index is 0.579. The Bertz CT molecular complexity index is 880. The summed E-state index contributed by atoms with van der Waals surface area (Å²) in [6.07, 6.45) is 3.19. The number of ether oxygens (including phenoxy) is 1. The summed E-state index contributed by atoms with van der Waals surface area (Å²) in [6.45, 7) is 10.7. The zero-order valence-corrected chi connectivity index (χ0v) is 19.4. The highest BCUT2D eigenvalue weighted by Crippen LogP contribution is 2.27. The molecule has 4 heteroatoms. The third-order valence-electron chi connectivity index (χ3n) is 5.15. The molecule has 1 saturated heterocycles. The standard InChI is InChI=1S/C22H25N3O.2C2H6/c1-24(2)19-10-11-25(15-19)20-12-18-13-21(8-9-22(18)23-14-20)26-16-17-6-4-3-5-7-17;2*1-2/h3-9,12-14,19H,10-11,15-16H2,1-2H3;2*1-2H3. The summed E-state index contributed by atoms with van der Waals surface area (Å²) in [5, 5.41) is 1.13. The van der Waals surface area contributed by atoms with E-state index >= 15 is 0 Å². The SMILES string of the molecule is CC.CC.CN(C)C1CCN(c2cnc3ccc(OCc4ccccc4)cc3c2)C1. The molecule has 2 heterocycles. The Morgan fingerprint density at radius 3 is 2.40 bits per heavy atom. The number of nitrogens with zero attached hydrogens (tertiary/aromatic N) is 3. The van der Waals surface area contributed by atoms with Crippen LogP contribution in [0.3, 0.4) is 0 Å². The predicted molar refractivity (Wildman–Crippen MR) is 130 cm³/mol. The molecule has 2 aromatic carbocycles. The fourth-order valence-corrected chi connectivity index (χ4v) is 3.50. The summed E-state index contributed by atoms with van der Waals surface area (Å²) < 4.78 is 5.97. The van der Waals surface area contributed by atoms with E-state index in [2.05, 4.69) is 53.1 Å². The van der Waals surface area contributed by atoms with Gasteiger partial charge in [-0.05, 0) is 50.3 Å². The molecular weight excluding hydrogens is 370 g/mol. The molecular formula is C26H37N3O. The average molecular weight is 408 g/mol. The number of likely N-dealkylation sites (N-methyl/N-ethyl adjacent to an activating group) is 1. The number of pyridine rings is 1. The highest BCUT2D eigenvalue weighted by atomic mass is 16.5. The van der Waals surface area contributed by atoms with Crippen molar-refractivity contribution < 1.29 is 4.74 Å². The van der Waals surface area contributed by atoms with E-state index in [-0.39, 0.29) is 0 Å². The number of hydrogen-bond donors (Lipinski definition) is 0. The van der Waals surface area contributed by atoms with Crippen LogP contribution < -0.4 is 9.64 Å². The van der Waals surface area contributed by atoms with E-state index in [0.717, 1.165) is 29.7 Å². The first kappa shape index (κ1) is 23.7. The van der Waals surface area contributed by atoms with Gasteiger partial charge in [0.15, 0.2) is 0 Å². The van der Waals surface area contributed by atoms with Crippen LogP contribution in [0.4, 0.5) is 5.69 Å². The third-order valence-corrected chi connectivity index (χ3v) is 5.15. The van der Waals surface area contributed by atoms with Gasteiger partial charge in [-0.1, -0.05) is 58.0 Å². The van der Waals surface area contributed by atoms with Crippen LogP contribution in [0.25, 0.3) is 10.9 Å². The average Bonchev–Trinajstić information content (AvgIpc) is 3.31. The number of hydrogen-bond acceptors (Lipinski definition) is 4. The lowest BCUT2D eigenvalue weighted by Crippen LogP contribution is -2.31. The monoisotopic (exact) mass is 407 g/mol. The number of fused-ring (bicyclic) bond motifs is 1. The normalized spacial score (nSPS) is 15.3. The maximum Gasteiger partial charge on any atom is 0.120 e. The molecule has 0 aliphatic carbocycles. The van der Waals surface area contributed by atoms with Gasteiger partial charge in [-0.15, -0.1) is 0 Å². The van der Waals surface area contributed by atoms with Crippen molar-refractivity contribution in [2.45, 2.75) is 46.8 Å². The fraction of sp³-hybridized carbons (Fsp3) is 0.423. The minimum Gasteiger partial charge on any atom is -0.489 e. The van der Waals surface area contributed by atoms with Crippen LogP contribution in [0, 0.1) is 0 Å². The zero-order valence-electron chi connectivity index (χ0n) is 19.4. The molecule has 30 heavy (non-hydrogen) atoms. The molecule has 1 unspecified atom stereocenters. The van der Waals surface area contributed by atoms with Gasteiger partial charge in [0, 0.05) is 24.5 Å². The topological polar surface area (TPSA) is 28.6 Å². The molecule has 1 atom stereocenters. The van der Waals surface area contributed by atoms with Crippen LogP contribution >= 0.6 is 0 Å². The van der Waals surface area contributed by atoms with Crippen LogP contribution in [0.2, 0.25) is 0 Å². The second kappa shape index (κ2) is 12.2. The molecule has 1 aliphatic heterocycles. The Morgan fingerprint density at radius 2 is 1.73 bits per heavy atom.